The topological polar surface area (TPSA) is 46.3 Å². The number of hydrogen-bond donors (Lipinski definition) is 1. The van der Waals surface area contributed by atoms with E-state index in [0.717, 1.165) is 5.56 Å². The highest BCUT2D eigenvalue weighted by Crippen LogP contribution is 2.23. The molecule has 2 N–H and O–H groups in total. The van der Waals surface area contributed by atoms with Gasteiger partial charge < -0.3 is 10.6 Å². The molecule has 0 aliphatic heterocycles. The molecule has 0 unspecified atom stereocenters. The van der Waals surface area contributed by atoms with E-state index in [-0.39, 0.29) is 16.7 Å². The van der Waals surface area contributed by atoms with Crippen LogP contribution in [0.2, 0.25) is 0 Å². The second-order valence-electron chi connectivity index (χ2n) is 7.36. The minimum absolute atomic E-state index is 0.0481. The molecule has 0 saturated heterocycles. The van der Waals surface area contributed by atoms with E-state index in [1.807, 2.05) is 31.3 Å². The molecule has 1 amide bonds. The average Bonchev–Trinajstić information content (AvgIpc) is 2.36. The van der Waals surface area contributed by atoms with Crippen molar-refractivity contribution in [3.05, 3.63) is 35.4 Å². The van der Waals surface area contributed by atoms with Crippen LogP contribution in [0.25, 0.3) is 0 Å². The highest BCUT2D eigenvalue weighted by atomic mass is 16.2. The number of carbonyl (C=O) groups excluding carboxylic acids is 1. The largest absolute Gasteiger partial charge is 0.341 e. The zero-order valence-corrected chi connectivity index (χ0v) is 13.7. The fraction of sp³-hybridized carbons (Fsp3) is 0.588. The zero-order chi connectivity index (χ0) is 15.6. The summed E-state index contributed by atoms with van der Waals surface area (Å²) in [4.78, 5) is 14.1. The minimum atomic E-state index is -0.0598. The Kier molecular flexibility index (Phi) is 4.98. The van der Waals surface area contributed by atoms with Gasteiger partial charge in [-0.25, -0.2) is 0 Å². The van der Waals surface area contributed by atoms with Crippen molar-refractivity contribution < 1.29 is 4.79 Å². The van der Waals surface area contributed by atoms with Crippen molar-refractivity contribution >= 4 is 5.91 Å². The number of hydrogen-bond acceptors (Lipinski definition) is 2. The van der Waals surface area contributed by atoms with Crippen molar-refractivity contribution in [2.45, 2.75) is 40.0 Å². The highest BCUT2D eigenvalue weighted by molar-refractivity contribution is 5.94. The van der Waals surface area contributed by atoms with Crippen LogP contribution in [0.4, 0.5) is 0 Å². The van der Waals surface area contributed by atoms with Crippen LogP contribution in [0.15, 0.2) is 24.3 Å². The molecule has 0 atom stereocenters. The number of carbonyl (C=O) groups is 1. The monoisotopic (exact) mass is 276 g/mol. The van der Waals surface area contributed by atoms with Crippen LogP contribution in [0, 0.1) is 5.41 Å². The molecular formula is C17H28N2O. The highest BCUT2D eigenvalue weighted by Gasteiger charge is 2.22. The van der Waals surface area contributed by atoms with Crippen LogP contribution in [-0.2, 0) is 5.41 Å². The second-order valence-corrected chi connectivity index (χ2v) is 7.36. The van der Waals surface area contributed by atoms with Crippen molar-refractivity contribution in [2.24, 2.45) is 11.1 Å². The molecule has 0 aliphatic rings. The van der Waals surface area contributed by atoms with Crippen molar-refractivity contribution in [2.75, 3.05) is 20.1 Å². The molecule has 112 valence electrons. The summed E-state index contributed by atoms with van der Waals surface area (Å²) in [5.74, 6) is 0.0481. The Balaban J connectivity index is 2.83. The maximum atomic E-state index is 12.4. The first-order valence-corrected chi connectivity index (χ1v) is 7.13. The third kappa shape index (κ3) is 4.34. The number of rotatable bonds is 4. The van der Waals surface area contributed by atoms with E-state index in [4.69, 9.17) is 5.73 Å². The van der Waals surface area contributed by atoms with Gasteiger partial charge in [-0.3, -0.25) is 4.79 Å². The van der Waals surface area contributed by atoms with E-state index < -0.39 is 0 Å². The van der Waals surface area contributed by atoms with Crippen molar-refractivity contribution in [1.29, 1.82) is 0 Å². The Labute approximate surface area is 123 Å². The van der Waals surface area contributed by atoms with Gasteiger partial charge in [-0.1, -0.05) is 46.8 Å². The molecular weight excluding hydrogens is 248 g/mol. The summed E-state index contributed by atoms with van der Waals surface area (Å²) >= 11 is 0. The standard InChI is InChI=1S/C17H28N2O/c1-16(2,3)14-9-7-13(8-10-14)15(20)19(6)12-17(4,5)11-18/h7-10H,11-12,18H2,1-6H3. The molecule has 0 heterocycles. The molecule has 1 aromatic carbocycles. The van der Waals surface area contributed by atoms with E-state index in [1.54, 1.807) is 4.90 Å². The molecule has 0 radical (unpaired) electrons. The lowest BCUT2D eigenvalue weighted by Crippen LogP contribution is -2.39. The molecule has 0 aromatic heterocycles. The van der Waals surface area contributed by atoms with Gasteiger partial charge in [-0.05, 0) is 35.1 Å². The van der Waals surface area contributed by atoms with Crippen molar-refractivity contribution in [3.8, 4) is 0 Å². The van der Waals surface area contributed by atoms with Gasteiger partial charge in [0.25, 0.3) is 5.91 Å². The van der Waals surface area contributed by atoms with Gasteiger partial charge in [0, 0.05) is 19.2 Å². The predicted octanol–water partition coefficient (Wildman–Crippen LogP) is 3.04. The average molecular weight is 276 g/mol. The van der Waals surface area contributed by atoms with Gasteiger partial charge in [0.2, 0.25) is 0 Å². The minimum Gasteiger partial charge on any atom is -0.341 e. The molecule has 0 spiro atoms. The first-order valence-electron chi connectivity index (χ1n) is 7.13. The van der Waals surface area contributed by atoms with E-state index in [0.29, 0.717) is 13.1 Å². The third-order valence-corrected chi connectivity index (χ3v) is 3.56. The maximum Gasteiger partial charge on any atom is 0.253 e. The van der Waals surface area contributed by atoms with E-state index in [2.05, 4.69) is 34.6 Å². The summed E-state index contributed by atoms with van der Waals surface area (Å²) in [6.45, 7) is 11.9. The fourth-order valence-electron chi connectivity index (χ4n) is 2.11. The lowest BCUT2D eigenvalue weighted by molar-refractivity contribution is 0.0740. The second kappa shape index (κ2) is 5.96. The van der Waals surface area contributed by atoms with Crippen LogP contribution in [-0.4, -0.2) is 30.9 Å². The summed E-state index contributed by atoms with van der Waals surface area (Å²) < 4.78 is 0. The van der Waals surface area contributed by atoms with Gasteiger partial charge in [0.05, 0.1) is 0 Å². The molecule has 3 nitrogen and oxygen atoms in total. The molecule has 1 rings (SSSR count). The predicted molar refractivity (Wildman–Crippen MR) is 84.9 cm³/mol. The molecule has 3 heteroatoms. The molecule has 0 saturated carbocycles. The quantitative estimate of drug-likeness (QED) is 0.918. The SMILES string of the molecule is CN(CC(C)(C)CN)C(=O)c1ccc(C(C)(C)C)cc1. The van der Waals surface area contributed by atoms with Crippen molar-refractivity contribution in [1.82, 2.24) is 4.90 Å². The molecule has 0 fully saturated rings. The van der Waals surface area contributed by atoms with E-state index in [9.17, 15) is 4.79 Å². The number of nitrogens with zero attached hydrogens (tertiary/aromatic N) is 1. The number of benzene rings is 1. The summed E-state index contributed by atoms with van der Waals surface area (Å²) in [5, 5.41) is 0. The van der Waals surface area contributed by atoms with Gasteiger partial charge in [0.15, 0.2) is 0 Å². The zero-order valence-electron chi connectivity index (χ0n) is 13.7. The Bertz CT molecular complexity index is 455. The number of nitrogens with two attached hydrogens (primary N) is 1. The summed E-state index contributed by atoms with van der Waals surface area (Å²) in [6, 6.07) is 7.90. The van der Waals surface area contributed by atoms with Crippen LogP contribution >= 0.6 is 0 Å². The Morgan fingerprint density at radius 1 is 1.10 bits per heavy atom. The third-order valence-electron chi connectivity index (χ3n) is 3.56. The lowest BCUT2D eigenvalue weighted by Gasteiger charge is -2.29. The Morgan fingerprint density at radius 2 is 1.60 bits per heavy atom. The first kappa shape index (κ1) is 16.7. The van der Waals surface area contributed by atoms with E-state index in [1.165, 1.54) is 5.56 Å². The Morgan fingerprint density at radius 3 is 2.00 bits per heavy atom. The summed E-state index contributed by atoms with van der Waals surface area (Å²) in [6.07, 6.45) is 0. The van der Waals surface area contributed by atoms with Crippen LogP contribution < -0.4 is 5.73 Å². The van der Waals surface area contributed by atoms with Gasteiger partial charge in [-0.15, -0.1) is 0 Å². The molecule has 0 bridgehead atoms. The smallest absolute Gasteiger partial charge is 0.253 e. The lowest BCUT2D eigenvalue weighted by atomic mass is 9.86. The maximum absolute atomic E-state index is 12.4. The van der Waals surface area contributed by atoms with E-state index >= 15 is 0 Å². The molecule has 20 heavy (non-hydrogen) atoms. The normalized spacial score (nSPS) is 12.3. The first-order chi connectivity index (χ1) is 9.07. The van der Waals surface area contributed by atoms with Crippen LogP contribution in [0.5, 0.6) is 0 Å². The number of amides is 1. The Hall–Kier alpha value is -1.35. The summed E-state index contributed by atoms with van der Waals surface area (Å²) in [7, 11) is 1.83. The summed E-state index contributed by atoms with van der Waals surface area (Å²) in [5.41, 5.74) is 7.73. The fourth-order valence-corrected chi connectivity index (χ4v) is 2.11. The van der Waals surface area contributed by atoms with Crippen LogP contribution in [0.3, 0.4) is 0 Å². The van der Waals surface area contributed by atoms with Crippen molar-refractivity contribution in [3.63, 3.8) is 0 Å². The van der Waals surface area contributed by atoms with Gasteiger partial charge in [0.1, 0.15) is 0 Å². The van der Waals surface area contributed by atoms with Crippen LogP contribution in [0.1, 0.15) is 50.5 Å². The van der Waals surface area contributed by atoms with Gasteiger partial charge >= 0.3 is 0 Å². The molecule has 0 aliphatic carbocycles. The molecule has 1 aromatic rings. The van der Waals surface area contributed by atoms with Gasteiger partial charge in [-0.2, -0.15) is 0 Å².